The summed E-state index contributed by atoms with van der Waals surface area (Å²) in [5, 5.41) is 0. The number of benzene rings is 1. The molecule has 60 valence electrons. The van der Waals surface area contributed by atoms with Crippen LogP contribution in [0.3, 0.4) is 0 Å². The Morgan fingerprint density at radius 3 is 2.82 bits per heavy atom. The highest BCUT2D eigenvalue weighted by Crippen LogP contribution is 2.07. The summed E-state index contributed by atoms with van der Waals surface area (Å²) in [6.07, 6.45) is 0. The molecular weight excluding hydrogens is 162 g/mol. The van der Waals surface area contributed by atoms with Gasteiger partial charge in [-0.15, -0.1) is 0 Å². The highest BCUT2D eigenvalue weighted by atomic mass is 32.2. The summed E-state index contributed by atoms with van der Waals surface area (Å²) in [5.41, 5.74) is 6.74. The highest BCUT2D eigenvalue weighted by Gasteiger charge is 1.91. The van der Waals surface area contributed by atoms with Crippen molar-refractivity contribution in [3.8, 4) is 0 Å². The lowest BCUT2D eigenvalue weighted by Gasteiger charge is -2.04. The van der Waals surface area contributed by atoms with E-state index in [0.717, 1.165) is 5.56 Å². The summed E-state index contributed by atoms with van der Waals surface area (Å²) < 4.78 is 20.5. The Morgan fingerprint density at radius 2 is 2.27 bits per heavy atom. The van der Waals surface area contributed by atoms with Crippen molar-refractivity contribution in [1.29, 1.82) is 0 Å². The van der Waals surface area contributed by atoms with Crippen LogP contribution in [0.4, 0.5) is 5.69 Å². The van der Waals surface area contributed by atoms with E-state index < -0.39 is 11.1 Å². The quantitative estimate of drug-likeness (QED) is 0.523. The first-order valence-corrected chi connectivity index (χ1v) is 4.33. The predicted molar refractivity (Wildman–Crippen MR) is 43.5 cm³/mol. The van der Waals surface area contributed by atoms with E-state index in [1.54, 1.807) is 24.3 Å². The molecule has 1 aromatic carbocycles. The molecule has 11 heavy (non-hydrogen) atoms. The molecule has 0 saturated carbocycles. The van der Waals surface area contributed by atoms with Crippen molar-refractivity contribution in [3.63, 3.8) is 0 Å². The van der Waals surface area contributed by atoms with Gasteiger partial charge in [-0.3, -0.25) is 4.21 Å². The maximum atomic E-state index is 10.2. The van der Waals surface area contributed by atoms with E-state index in [1.165, 1.54) is 0 Å². The van der Waals surface area contributed by atoms with Crippen LogP contribution < -0.4 is 5.73 Å². The number of nitrogen functional groups attached to an aromatic ring is 1. The van der Waals surface area contributed by atoms with Gasteiger partial charge in [-0.2, -0.15) is 0 Å². The summed E-state index contributed by atoms with van der Waals surface area (Å²) in [6.45, 7) is 0. The Morgan fingerprint density at radius 1 is 1.55 bits per heavy atom. The topological polar surface area (TPSA) is 66.2 Å². The largest absolute Gasteiger partial charge is 0.772 e. The van der Waals surface area contributed by atoms with E-state index in [9.17, 15) is 8.76 Å². The molecular formula is C7H8NO2S-. The smallest absolute Gasteiger partial charge is 0.0353 e. The van der Waals surface area contributed by atoms with Gasteiger partial charge in [0.25, 0.3) is 0 Å². The molecule has 0 spiro atoms. The third-order valence-electron chi connectivity index (χ3n) is 1.24. The van der Waals surface area contributed by atoms with Crippen LogP contribution in [0.25, 0.3) is 0 Å². The van der Waals surface area contributed by atoms with Gasteiger partial charge in [-0.25, -0.2) is 0 Å². The zero-order valence-electron chi connectivity index (χ0n) is 5.82. The molecule has 1 rings (SSSR count). The van der Waals surface area contributed by atoms with Gasteiger partial charge in [-0.1, -0.05) is 23.2 Å². The second-order valence-electron chi connectivity index (χ2n) is 2.19. The van der Waals surface area contributed by atoms with Crippen molar-refractivity contribution < 1.29 is 8.76 Å². The Kier molecular flexibility index (Phi) is 2.62. The molecule has 0 aliphatic carbocycles. The minimum absolute atomic E-state index is 0.0328. The van der Waals surface area contributed by atoms with E-state index in [-0.39, 0.29) is 5.75 Å². The normalized spacial score (nSPS) is 12.8. The van der Waals surface area contributed by atoms with Gasteiger partial charge in [0, 0.05) is 11.4 Å². The molecule has 0 radical (unpaired) electrons. The van der Waals surface area contributed by atoms with E-state index in [1.807, 2.05) is 0 Å². The average Bonchev–Trinajstić information content (AvgIpc) is 1.85. The van der Waals surface area contributed by atoms with Gasteiger partial charge in [0.2, 0.25) is 0 Å². The number of hydrogen-bond donors (Lipinski definition) is 1. The molecule has 1 atom stereocenters. The summed E-state index contributed by atoms with van der Waals surface area (Å²) in [5.74, 6) is 0.0328. The summed E-state index contributed by atoms with van der Waals surface area (Å²) >= 11 is -2.03. The van der Waals surface area contributed by atoms with Gasteiger partial charge < -0.3 is 10.3 Å². The lowest BCUT2D eigenvalue weighted by molar-refractivity contribution is 0.536. The van der Waals surface area contributed by atoms with Gasteiger partial charge in [0.1, 0.15) is 0 Å². The van der Waals surface area contributed by atoms with E-state index in [0.29, 0.717) is 5.69 Å². The van der Waals surface area contributed by atoms with E-state index in [4.69, 9.17) is 5.73 Å². The van der Waals surface area contributed by atoms with Crippen molar-refractivity contribution in [2.24, 2.45) is 0 Å². The maximum Gasteiger partial charge on any atom is 0.0353 e. The molecule has 0 amide bonds. The third-order valence-corrected chi connectivity index (χ3v) is 1.80. The zero-order valence-corrected chi connectivity index (χ0v) is 6.64. The summed E-state index contributed by atoms with van der Waals surface area (Å²) in [4.78, 5) is 0. The van der Waals surface area contributed by atoms with Crippen LogP contribution in [-0.4, -0.2) is 8.76 Å². The minimum atomic E-state index is -2.03. The fourth-order valence-corrected chi connectivity index (χ4v) is 1.27. The van der Waals surface area contributed by atoms with Gasteiger partial charge in [-0.05, 0) is 17.7 Å². The molecule has 0 heterocycles. The van der Waals surface area contributed by atoms with E-state index in [2.05, 4.69) is 0 Å². The van der Waals surface area contributed by atoms with E-state index >= 15 is 0 Å². The fraction of sp³-hybridized carbons (Fsp3) is 0.143. The lowest BCUT2D eigenvalue weighted by Crippen LogP contribution is -1.94. The van der Waals surface area contributed by atoms with Crippen molar-refractivity contribution in [3.05, 3.63) is 29.8 Å². The van der Waals surface area contributed by atoms with Crippen LogP contribution in [0.2, 0.25) is 0 Å². The molecule has 0 aliphatic rings. The summed E-state index contributed by atoms with van der Waals surface area (Å²) in [6, 6.07) is 6.83. The van der Waals surface area contributed by atoms with Crippen LogP contribution in [0.15, 0.2) is 24.3 Å². The second-order valence-corrected chi connectivity index (χ2v) is 3.09. The number of rotatable bonds is 2. The standard InChI is InChI=1S/C7H9NO2S/c8-7-3-1-2-6(4-7)5-11(9)10/h1-4H,5,8H2,(H,9,10)/p-1. The van der Waals surface area contributed by atoms with Crippen LogP contribution in [0.5, 0.6) is 0 Å². The first-order valence-electron chi connectivity index (χ1n) is 3.09. The third kappa shape index (κ3) is 2.69. The van der Waals surface area contributed by atoms with Gasteiger partial charge in [0.05, 0.1) is 0 Å². The Balaban J connectivity index is 2.79. The number of anilines is 1. The van der Waals surface area contributed by atoms with Crippen molar-refractivity contribution in [2.45, 2.75) is 5.75 Å². The fourth-order valence-electron chi connectivity index (χ4n) is 0.819. The Bertz CT molecular complexity index is 275. The molecule has 0 bridgehead atoms. The lowest BCUT2D eigenvalue weighted by atomic mass is 10.2. The minimum Gasteiger partial charge on any atom is -0.772 e. The van der Waals surface area contributed by atoms with Crippen LogP contribution in [-0.2, 0) is 16.8 Å². The molecule has 0 fully saturated rings. The second kappa shape index (κ2) is 3.50. The SMILES string of the molecule is Nc1cccc(CS(=O)[O-])c1. The molecule has 4 heteroatoms. The Hall–Kier alpha value is -0.870. The average molecular weight is 170 g/mol. The van der Waals surface area contributed by atoms with Crippen LogP contribution in [0.1, 0.15) is 5.56 Å². The molecule has 0 saturated heterocycles. The first kappa shape index (κ1) is 8.23. The number of nitrogens with two attached hydrogens (primary N) is 1. The van der Waals surface area contributed by atoms with Crippen molar-refractivity contribution >= 4 is 16.8 Å². The molecule has 0 aliphatic heterocycles. The van der Waals surface area contributed by atoms with Crippen LogP contribution >= 0.6 is 0 Å². The molecule has 0 aromatic heterocycles. The molecule has 1 unspecified atom stereocenters. The highest BCUT2D eigenvalue weighted by molar-refractivity contribution is 7.78. The molecule has 1 aromatic rings. The van der Waals surface area contributed by atoms with Gasteiger partial charge >= 0.3 is 0 Å². The Labute approximate surface area is 67.5 Å². The van der Waals surface area contributed by atoms with Crippen LogP contribution in [0, 0.1) is 0 Å². The maximum absolute atomic E-state index is 10.2. The predicted octanol–water partition coefficient (Wildman–Crippen LogP) is 0.648. The summed E-state index contributed by atoms with van der Waals surface area (Å²) in [7, 11) is 0. The molecule has 3 nitrogen and oxygen atoms in total. The number of hydrogen-bond acceptors (Lipinski definition) is 3. The van der Waals surface area contributed by atoms with Crippen molar-refractivity contribution in [1.82, 2.24) is 0 Å². The first-order chi connectivity index (χ1) is 5.18. The monoisotopic (exact) mass is 170 g/mol. The van der Waals surface area contributed by atoms with Crippen molar-refractivity contribution in [2.75, 3.05) is 5.73 Å². The molecule has 2 N–H and O–H groups in total. The van der Waals surface area contributed by atoms with Gasteiger partial charge in [0.15, 0.2) is 0 Å². The zero-order chi connectivity index (χ0) is 8.27.